The summed E-state index contributed by atoms with van der Waals surface area (Å²) in [6.07, 6.45) is 1.55. The Balaban J connectivity index is 2.23. The monoisotopic (exact) mass is 395 g/mol. The molecule has 0 radical (unpaired) electrons. The molecule has 0 aliphatic heterocycles. The molecule has 0 bridgehead atoms. The van der Waals surface area contributed by atoms with Gasteiger partial charge in [-0.25, -0.2) is 4.98 Å². The van der Waals surface area contributed by atoms with Crippen LogP contribution in [-0.2, 0) is 7.05 Å². The first kappa shape index (κ1) is 18.0. The molecule has 1 aromatic carbocycles. The zero-order valence-corrected chi connectivity index (χ0v) is 14.9. The number of halogens is 5. The lowest BCUT2D eigenvalue weighted by atomic mass is 10.3. The van der Waals surface area contributed by atoms with Crippen LogP contribution < -0.4 is 0 Å². The minimum atomic E-state index is -9.74. The number of pyridine rings is 1. The number of benzene rings is 1. The van der Waals surface area contributed by atoms with Gasteiger partial charge in [-0.05, 0) is 36.1 Å². The van der Waals surface area contributed by atoms with Gasteiger partial charge in [-0.15, -0.1) is 11.8 Å². The summed E-state index contributed by atoms with van der Waals surface area (Å²) < 4.78 is 66.6. The summed E-state index contributed by atoms with van der Waals surface area (Å²) in [5.41, 5.74) is 0.669. The highest BCUT2D eigenvalue weighted by Crippen LogP contribution is 3.02. The Morgan fingerprint density at radius 3 is 2.48 bits per heavy atom. The van der Waals surface area contributed by atoms with E-state index in [4.69, 9.17) is 0 Å². The minimum absolute atomic E-state index is 0.152. The van der Waals surface area contributed by atoms with Crippen LogP contribution in [0.3, 0.4) is 0 Å². The molecule has 0 spiro atoms. The van der Waals surface area contributed by atoms with E-state index >= 15 is 0 Å². The van der Waals surface area contributed by atoms with Gasteiger partial charge in [-0.3, -0.25) is 4.98 Å². The van der Waals surface area contributed by atoms with Crippen molar-refractivity contribution in [2.45, 2.75) is 16.7 Å². The normalized spacial score (nSPS) is 15.2. The lowest BCUT2D eigenvalue weighted by Crippen LogP contribution is -2.05. The van der Waals surface area contributed by atoms with Crippen LogP contribution in [0.1, 0.15) is 6.92 Å². The van der Waals surface area contributed by atoms with Crippen molar-refractivity contribution in [2.75, 3.05) is 5.75 Å². The Labute approximate surface area is 145 Å². The first-order valence-corrected chi connectivity index (χ1v) is 10.1. The van der Waals surface area contributed by atoms with E-state index < -0.39 is 15.1 Å². The molecule has 2 aromatic heterocycles. The van der Waals surface area contributed by atoms with Gasteiger partial charge in [0, 0.05) is 18.1 Å². The van der Waals surface area contributed by atoms with E-state index in [1.807, 2.05) is 13.0 Å². The molecule has 0 aliphatic rings. The molecule has 0 aliphatic carbocycles. The lowest BCUT2D eigenvalue weighted by Gasteiger charge is -2.40. The van der Waals surface area contributed by atoms with Crippen LogP contribution in [0.25, 0.3) is 22.6 Å². The summed E-state index contributed by atoms with van der Waals surface area (Å²) in [6, 6.07) is 5.38. The molecule has 3 aromatic rings. The van der Waals surface area contributed by atoms with Crippen LogP contribution in [0.15, 0.2) is 46.3 Å². The lowest BCUT2D eigenvalue weighted by molar-refractivity contribution is 0.364. The third-order valence-corrected chi connectivity index (χ3v) is 5.65. The van der Waals surface area contributed by atoms with Crippen LogP contribution in [0.4, 0.5) is 19.4 Å². The van der Waals surface area contributed by atoms with Gasteiger partial charge >= 0.3 is 10.2 Å². The number of hydrogen-bond acceptors (Lipinski definition) is 3. The van der Waals surface area contributed by atoms with Gasteiger partial charge in [0.1, 0.15) is 10.6 Å². The fraction of sp³-hybridized carbons (Fsp3) is 0.200. The average Bonchev–Trinajstić information content (AvgIpc) is 2.83. The maximum Gasteiger partial charge on any atom is 0.310 e. The van der Waals surface area contributed by atoms with Crippen LogP contribution in [-0.4, -0.2) is 20.3 Å². The van der Waals surface area contributed by atoms with E-state index in [1.165, 1.54) is 11.8 Å². The summed E-state index contributed by atoms with van der Waals surface area (Å²) >= 11 is 1.51. The molecule has 3 rings (SSSR count). The first-order valence-electron chi connectivity index (χ1n) is 7.19. The summed E-state index contributed by atoms with van der Waals surface area (Å²) in [5, 5.41) is 0. The maximum atomic E-state index is 13.0. The van der Waals surface area contributed by atoms with Crippen molar-refractivity contribution in [1.29, 1.82) is 0 Å². The smallest absolute Gasteiger partial charge is 0.310 e. The van der Waals surface area contributed by atoms with Crippen LogP contribution in [0.5, 0.6) is 0 Å². The quantitative estimate of drug-likeness (QED) is 0.378. The molecule has 10 heteroatoms. The predicted molar refractivity (Wildman–Crippen MR) is 91.7 cm³/mol. The molecule has 0 unspecified atom stereocenters. The van der Waals surface area contributed by atoms with E-state index in [2.05, 4.69) is 9.97 Å². The number of rotatable bonds is 4. The number of aromatic nitrogens is 3. The van der Waals surface area contributed by atoms with Crippen LogP contribution in [0, 0.1) is 0 Å². The number of nitrogens with zero attached hydrogens (tertiary/aromatic N) is 3. The highest BCUT2D eigenvalue weighted by Gasteiger charge is 2.65. The Morgan fingerprint density at radius 2 is 1.84 bits per heavy atom. The van der Waals surface area contributed by atoms with E-state index in [9.17, 15) is 19.4 Å². The van der Waals surface area contributed by atoms with Gasteiger partial charge in [0.25, 0.3) is 0 Å². The number of imidazole rings is 1. The third kappa shape index (κ3) is 3.45. The second kappa shape index (κ2) is 5.10. The van der Waals surface area contributed by atoms with Crippen molar-refractivity contribution in [2.24, 2.45) is 7.05 Å². The molecule has 25 heavy (non-hydrogen) atoms. The molecule has 0 fully saturated rings. The zero-order valence-electron chi connectivity index (χ0n) is 13.2. The maximum absolute atomic E-state index is 13.0. The average molecular weight is 395 g/mol. The second-order valence-corrected chi connectivity index (χ2v) is 9.11. The third-order valence-electron chi connectivity index (χ3n) is 3.58. The SMILES string of the molecule is CCSc1cccnc1-c1nc2cc(S(F)(F)(F)(F)F)ccc2n1C. The molecule has 136 valence electrons. The van der Waals surface area contributed by atoms with Gasteiger partial charge < -0.3 is 4.57 Å². The first-order chi connectivity index (χ1) is 11.4. The predicted octanol–water partition coefficient (Wildman–Crippen LogP) is 6.40. The Morgan fingerprint density at radius 1 is 1.12 bits per heavy atom. The van der Waals surface area contributed by atoms with Crippen molar-refractivity contribution in [3.05, 3.63) is 36.5 Å². The highest BCUT2D eigenvalue weighted by molar-refractivity contribution is 8.45. The van der Waals surface area contributed by atoms with Crippen LogP contribution in [0.2, 0.25) is 0 Å². The van der Waals surface area contributed by atoms with Gasteiger partial charge in [0.05, 0.1) is 11.0 Å². The molecule has 2 heterocycles. The summed E-state index contributed by atoms with van der Waals surface area (Å²) in [7, 11) is -8.13. The van der Waals surface area contributed by atoms with E-state index in [0.717, 1.165) is 16.7 Å². The van der Waals surface area contributed by atoms with Crippen molar-refractivity contribution >= 4 is 33.0 Å². The molecule has 3 nitrogen and oxygen atoms in total. The zero-order chi connectivity index (χ0) is 18.5. The molecular weight excluding hydrogens is 381 g/mol. The molecule has 0 saturated heterocycles. The Hall–Kier alpha value is -1.81. The number of thioether (sulfide) groups is 1. The van der Waals surface area contributed by atoms with E-state index in [0.29, 0.717) is 29.2 Å². The molecule has 0 amide bonds. The summed E-state index contributed by atoms with van der Waals surface area (Å²) in [4.78, 5) is 7.26. The Bertz CT molecular complexity index is 967. The van der Waals surface area contributed by atoms with Gasteiger partial charge in [-0.2, -0.15) is 0 Å². The summed E-state index contributed by atoms with van der Waals surface area (Å²) in [6.45, 7) is 1.96. The fourth-order valence-electron chi connectivity index (χ4n) is 2.46. The molecule has 0 N–H and O–H groups in total. The van der Waals surface area contributed by atoms with Crippen LogP contribution >= 0.6 is 22.0 Å². The highest BCUT2D eigenvalue weighted by atomic mass is 32.5. The fourth-order valence-corrected chi connectivity index (χ4v) is 3.89. The summed E-state index contributed by atoms with van der Waals surface area (Å²) in [5.74, 6) is 1.10. The van der Waals surface area contributed by atoms with Gasteiger partial charge in [0.2, 0.25) is 0 Å². The standard InChI is InChI=1S/C15H14F5N3S2/c1-3-24-13-5-4-8-21-14(13)15-22-11-9-10(25(16,17,18,19)20)6-7-12(11)23(15)2/h4-9H,3H2,1-2H3. The number of aryl methyl sites for hydroxylation is 1. The topological polar surface area (TPSA) is 30.7 Å². The second-order valence-electron chi connectivity index (χ2n) is 5.40. The number of fused-ring (bicyclic) bond motifs is 1. The Kier molecular flexibility index (Phi) is 3.67. The van der Waals surface area contributed by atoms with Crippen molar-refractivity contribution < 1.29 is 19.4 Å². The van der Waals surface area contributed by atoms with Gasteiger partial charge in [-0.1, -0.05) is 26.4 Å². The van der Waals surface area contributed by atoms with Crippen molar-refractivity contribution in [3.8, 4) is 11.5 Å². The minimum Gasteiger partial charge on any atom is -0.326 e. The molecule has 0 saturated carbocycles. The van der Waals surface area contributed by atoms with E-state index in [1.54, 1.807) is 23.9 Å². The number of hydrogen-bond donors (Lipinski definition) is 0. The molecule has 0 atom stereocenters. The van der Waals surface area contributed by atoms with E-state index in [-0.39, 0.29) is 5.52 Å². The molecular formula is C15H14F5N3S2. The van der Waals surface area contributed by atoms with Crippen molar-refractivity contribution in [3.63, 3.8) is 0 Å². The largest absolute Gasteiger partial charge is 0.326 e. The van der Waals surface area contributed by atoms with Crippen molar-refractivity contribution in [1.82, 2.24) is 14.5 Å². The van der Waals surface area contributed by atoms with Gasteiger partial charge in [0.15, 0.2) is 5.82 Å².